The molecule has 2 aromatic heterocycles. The molecule has 154 valence electrons. The number of amides is 1. The first-order valence-corrected chi connectivity index (χ1v) is 10.2. The Morgan fingerprint density at radius 2 is 1.97 bits per heavy atom. The van der Waals surface area contributed by atoms with Gasteiger partial charge in [0.1, 0.15) is 12.1 Å². The van der Waals surface area contributed by atoms with Gasteiger partial charge in [0.2, 0.25) is 5.91 Å². The van der Waals surface area contributed by atoms with E-state index >= 15 is 0 Å². The fourth-order valence-electron chi connectivity index (χ4n) is 4.35. The zero-order chi connectivity index (χ0) is 20.7. The van der Waals surface area contributed by atoms with Crippen molar-refractivity contribution < 1.29 is 9.18 Å². The van der Waals surface area contributed by atoms with E-state index in [1.54, 1.807) is 17.2 Å². The van der Waals surface area contributed by atoms with Gasteiger partial charge in [-0.25, -0.2) is 19.3 Å². The number of carbonyl (C=O) groups excluding carboxylic acids is 1. The van der Waals surface area contributed by atoms with Gasteiger partial charge >= 0.3 is 0 Å². The zero-order valence-electron chi connectivity index (χ0n) is 16.7. The quantitative estimate of drug-likeness (QED) is 0.690. The van der Waals surface area contributed by atoms with Crippen molar-refractivity contribution in [2.24, 2.45) is 0 Å². The lowest BCUT2D eigenvalue weighted by atomic mass is 9.93. The number of H-pyrrole nitrogens is 1. The number of anilines is 2. The monoisotopic (exact) mass is 407 g/mol. The first-order chi connectivity index (χ1) is 14.6. The number of benzene rings is 1. The van der Waals surface area contributed by atoms with Crippen molar-refractivity contribution in [1.82, 2.24) is 25.1 Å². The number of hydrogen-bond acceptors (Lipinski definition) is 6. The highest BCUT2D eigenvalue weighted by Gasteiger charge is 2.33. The van der Waals surface area contributed by atoms with E-state index in [1.165, 1.54) is 18.8 Å². The molecule has 8 nitrogen and oxygen atoms in total. The van der Waals surface area contributed by atoms with E-state index in [9.17, 15) is 9.18 Å². The second-order valence-corrected chi connectivity index (χ2v) is 7.81. The molecular weight excluding hydrogens is 385 g/mol. The fourth-order valence-corrected chi connectivity index (χ4v) is 4.35. The molecule has 1 aromatic carbocycles. The summed E-state index contributed by atoms with van der Waals surface area (Å²) in [6.45, 7) is 2.10. The molecule has 3 heterocycles. The van der Waals surface area contributed by atoms with Crippen LogP contribution in [0.15, 0.2) is 24.7 Å². The van der Waals surface area contributed by atoms with Gasteiger partial charge in [0.05, 0.1) is 24.0 Å². The van der Waals surface area contributed by atoms with Crippen molar-refractivity contribution in [3.05, 3.63) is 36.0 Å². The molecule has 2 N–H and O–H groups in total. The predicted octanol–water partition coefficient (Wildman–Crippen LogP) is 3.47. The van der Waals surface area contributed by atoms with E-state index in [0.717, 1.165) is 31.2 Å². The van der Waals surface area contributed by atoms with Gasteiger partial charge in [0.15, 0.2) is 17.5 Å². The van der Waals surface area contributed by atoms with Crippen LogP contribution in [0.1, 0.15) is 37.7 Å². The van der Waals surface area contributed by atoms with Gasteiger partial charge in [0.25, 0.3) is 0 Å². The highest BCUT2D eigenvalue weighted by molar-refractivity contribution is 6.01. The summed E-state index contributed by atoms with van der Waals surface area (Å²) in [5.74, 6) is 1.00. The molecule has 30 heavy (non-hydrogen) atoms. The minimum atomic E-state index is -0.437. The number of aryl methyl sites for hydroxylation is 1. The standard InChI is InChI=1S/C21H22FN7O/c1-12-7-15(19-25-11-26-28-19)16(22)8-14(12)17-9-23-20-21(27-17)29(18(30)10-24-20)13-5-3-2-4-6-13/h7-9,11,13H,2-6,10H2,1H3,(H,23,24)(H,25,26,28). The summed E-state index contributed by atoms with van der Waals surface area (Å²) in [5.41, 5.74) is 2.31. The van der Waals surface area contributed by atoms with Crippen molar-refractivity contribution in [3.8, 4) is 22.6 Å². The third-order valence-electron chi connectivity index (χ3n) is 5.84. The molecule has 1 aliphatic carbocycles. The Hall–Kier alpha value is -3.36. The van der Waals surface area contributed by atoms with Crippen LogP contribution in [0.25, 0.3) is 22.6 Å². The summed E-state index contributed by atoms with van der Waals surface area (Å²) in [6.07, 6.45) is 8.39. The third-order valence-corrected chi connectivity index (χ3v) is 5.84. The molecule has 0 saturated heterocycles. The topological polar surface area (TPSA) is 99.7 Å². The highest BCUT2D eigenvalue weighted by atomic mass is 19.1. The van der Waals surface area contributed by atoms with E-state index < -0.39 is 5.82 Å². The van der Waals surface area contributed by atoms with Crippen LogP contribution in [0.5, 0.6) is 0 Å². The zero-order valence-corrected chi connectivity index (χ0v) is 16.7. The predicted molar refractivity (Wildman–Crippen MR) is 110 cm³/mol. The molecule has 0 bridgehead atoms. The van der Waals surface area contributed by atoms with Gasteiger partial charge in [0, 0.05) is 11.6 Å². The number of nitrogens with zero attached hydrogens (tertiary/aromatic N) is 5. The Morgan fingerprint density at radius 3 is 2.73 bits per heavy atom. The Bertz CT molecular complexity index is 1090. The molecule has 1 aliphatic heterocycles. The van der Waals surface area contributed by atoms with E-state index in [-0.39, 0.29) is 18.5 Å². The van der Waals surface area contributed by atoms with Crippen molar-refractivity contribution in [2.45, 2.75) is 45.1 Å². The van der Waals surface area contributed by atoms with Crippen LogP contribution in [-0.4, -0.2) is 43.6 Å². The number of aromatic amines is 1. The molecule has 0 radical (unpaired) electrons. The van der Waals surface area contributed by atoms with Crippen molar-refractivity contribution in [2.75, 3.05) is 16.8 Å². The number of hydrogen-bond donors (Lipinski definition) is 2. The molecule has 9 heteroatoms. The Labute approximate surface area is 173 Å². The maximum absolute atomic E-state index is 14.8. The average Bonchev–Trinajstić information content (AvgIpc) is 3.30. The third kappa shape index (κ3) is 3.20. The number of aromatic nitrogens is 5. The molecule has 1 amide bonds. The number of halogens is 1. The minimum absolute atomic E-state index is 0.00343. The largest absolute Gasteiger partial charge is 0.358 e. The van der Waals surface area contributed by atoms with Crippen LogP contribution in [0.4, 0.5) is 16.0 Å². The highest BCUT2D eigenvalue weighted by Crippen LogP contribution is 2.35. The lowest BCUT2D eigenvalue weighted by Crippen LogP contribution is -2.48. The molecule has 0 unspecified atom stereocenters. The number of fused-ring (bicyclic) bond motifs is 1. The summed E-state index contributed by atoms with van der Waals surface area (Å²) in [6, 6.07) is 3.28. The summed E-state index contributed by atoms with van der Waals surface area (Å²) >= 11 is 0. The number of rotatable bonds is 3. The number of carbonyl (C=O) groups is 1. The Balaban J connectivity index is 1.56. The Kier molecular flexibility index (Phi) is 4.65. The summed E-state index contributed by atoms with van der Waals surface area (Å²) in [7, 11) is 0. The summed E-state index contributed by atoms with van der Waals surface area (Å²) in [5, 5.41) is 9.62. The van der Waals surface area contributed by atoms with Gasteiger partial charge in [-0.3, -0.25) is 14.8 Å². The van der Waals surface area contributed by atoms with Crippen LogP contribution in [0, 0.1) is 12.7 Å². The SMILES string of the molecule is Cc1cc(-c2nc[nH]n2)c(F)cc1-c1cnc2c(n1)N(C1CCCCC1)C(=O)CN2. The van der Waals surface area contributed by atoms with Crippen molar-refractivity contribution in [3.63, 3.8) is 0 Å². The van der Waals surface area contributed by atoms with Crippen LogP contribution >= 0.6 is 0 Å². The maximum Gasteiger partial charge on any atom is 0.247 e. The first-order valence-electron chi connectivity index (χ1n) is 10.2. The van der Waals surface area contributed by atoms with E-state index in [4.69, 9.17) is 4.98 Å². The molecule has 1 fully saturated rings. The lowest BCUT2D eigenvalue weighted by molar-refractivity contribution is -0.117. The lowest BCUT2D eigenvalue weighted by Gasteiger charge is -2.37. The van der Waals surface area contributed by atoms with Gasteiger partial charge in [-0.1, -0.05) is 19.3 Å². The van der Waals surface area contributed by atoms with Gasteiger partial charge in [-0.15, -0.1) is 0 Å². The van der Waals surface area contributed by atoms with Crippen molar-refractivity contribution in [1.29, 1.82) is 0 Å². The van der Waals surface area contributed by atoms with Crippen LogP contribution < -0.4 is 10.2 Å². The smallest absolute Gasteiger partial charge is 0.247 e. The van der Waals surface area contributed by atoms with E-state index in [0.29, 0.717) is 34.3 Å². The molecule has 0 spiro atoms. The normalized spacial score (nSPS) is 17.0. The van der Waals surface area contributed by atoms with Crippen molar-refractivity contribution >= 4 is 17.5 Å². The van der Waals surface area contributed by atoms with Crippen LogP contribution in [0.2, 0.25) is 0 Å². The van der Waals surface area contributed by atoms with Crippen LogP contribution in [0.3, 0.4) is 0 Å². The van der Waals surface area contributed by atoms with Crippen LogP contribution in [-0.2, 0) is 4.79 Å². The minimum Gasteiger partial charge on any atom is -0.358 e. The number of nitrogens with one attached hydrogen (secondary N) is 2. The summed E-state index contributed by atoms with van der Waals surface area (Å²) in [4.78, 5) is 27.8. The molecular formula is C21H22FN7O. The van der Waals surface area contributed by atoms with E-state index in [1.807, 2.05) is 6.92 Å². The van der Waals surface area contributed by atoms with Gasteiger partial charge < -0.3 is 5.32 Å². The molecule has 2 aliphatic rings. The van der Waals surface area contributed by atoms with Gasteiger partial charge in [-0.2, -0.15) is 5.10 Å². The maximum atomic E-state index is 14.8. The second kappa shape index (κ2) is 7.47. The molecule has 1 saturated carbocycles. The molecule has 3 aromatic rings. The molecule has 0 atom stereocenters. The molecule has 5 rings (SSSR count). The fraction of sp³-hybridized carbons (Fsp3) is 0.381. The summed E-state index contributed by atoms with van der Waals surface area (Å²) < 4.78 is 14.8. The Morgan fingerprint density at radius 1 is 1.13 bits per heavy atom. The van der Waals surface area contributed by atoms with E-state index in [2.05, 4.69) is 25.5 Å². The second-order valence-electron chi connectivity index (χ2n) is 7.81. The average molecular weight is 407 g/mol. The van der Waals surface area contributed by atoms with Gasteiger partial charge in [-0.05, 0) is 37.5 Å². The first kappa shape index (κ1) is 18.7.